The predicted octanol–water partition coefficient (Wildman–Crippen LogP) is 0.703. The molecule has 0 aromatic heterocycles. The number of methoxy groups -OCH3 is 1. The van der Waals surface area contributed by atoms with Crippen LogP contribution in [0.2, 0.25) is 0 Å². The van der Waals surface area contributed by atoms with Crippen LogP contribution in [0, 0.1) is 0 Å². The summed E-state index contributed by atoms with van der Waals surface area (Å²) in [6.45, 7) is 1.81. The lowest BCUT2D eigenvalue weighted by Crippen LogP contribution is -2.36. The number of carbonyl (C=O) groups is 1. The fourth-order valence-electron chi connectivity index (χ4n) is 3.14. The van der Waals surface area contributed by atoms with Crippen molar-refractivity contribution in [2.45, 2.75) is 25.5 Å². The second kappa shape index (κ2) is 6.50. The van der Waals surface area contributed by atoms with Gasteiger partial charge < -0.3 is 10.5 Å². The predicted molar refractivity (Wildman–Crippen MR) is 90.3 cm³/mol. The Balaban J connectivity index is 1.89. The van der Waals surface area contributed by atoms with Gasteiger partial charge in [0, 0.05) is 25.8 Å². The van der Waals surface area contributed by atoms with Crippen LogP contribution < -0.4 is 10.5 Å². The Morgan fingerprint density at radius 3 is 2.79 bits per heavy atom. The van der Waals surface area contributed by atoms with Gasteiger partial charge in [0.25, 0.3) is 0 Å². The molecule has 9 heteroatoms. The molecule has 3 rings (SSSR count). The van der Waals surface area contributed by atoms with Gasteiger partial charge in [-0.15, -0.1) is 4.40 Å². The molecule has 0 bridgehead atoms. The molecule has 0 spiro atoms. The Hall–Kier alpha value is -1.97. The van der Waals surface area contributed by atoms with Crippen molar-refractivity contribution in [3.05, 3.63) is 29.3 Å². The van der Waals surface area contributed by atoms with Crippen LogP contribution in [0.5, 0.6) is 0 Å². The number of hydrogen-bond acceptors (Lipinski definition) is 6. The van der Waals surface area contributed by atoms with Crippen molar-refractivity contribution in [1.29, 1.82) is 0 Å². The molecule has 0 radical (unpaired) electrons. The van der Waals surface area contributed by atoms with E-state index in [4.69, 9.17) is 10.5 Å². The molecule has 0 saturated carbocycles. The molecule has 1 aromatic carbocycles. The molecule has 2 aliphatic rings. The van der Waals surface area contributed by atoms with Gasteiger partial charge in [-0.1, -0.05) is 12.1 Å². The van der Waals surface area contributed by atoms with Crippen LogP contribution in [0.3, 0.4) is 0 Å². The third kappa shape index (κ3) is 3.28. The number of carbonyl (C=O) groups excluding carboxylic acids is 1. The molecule has 8 nitrogen and oxygen atoms in total. The van der Waals surface area contributed by atoms with Gasteiger partial charge in [-0.3, -0.25) is 14.4 Å². The van der Waals surface area contributed by atoms with Crippen LogP contribution in [0.4, 0.5) is 5.69 Å². The number of amidine groups is 1. The lowest BCUT2D eigenvalue weighted by molar-refractivity contribution is -0.0202. The van der Waals surface area contributed by atoms with E-state index in [1.54, 1.807) is 25.3 Å². The average molecular weight is 352 g/mol. The van der Waals surface area contributed by atoms with Crippen molar-refractivity contribution in [1.82, 2.24) is 4.90 Å². The first kappa shape index (κ1) is 16.9. The summed E-state index contributed by atoms with van der Waals surface area (Å²) in [5.41, 5.74) is 6.72. The van der Waals surface area contributed by atoms with Gasteiger partial charge in [0.15, 0.2) is 5.78 Å². The van der Waals surface area contributed by atoms with Gasteiger partial charge in [0.2, 0.25) is 0 Å². The van der Waals surface area contributed by atoms with Crippen LogP contribution in [-0.2, 0) is 14.9 Å². The molecule has 3 N–H and O–H groups in total. The highest BCUT2D eigenvalue weighted by molar-refractivity contribution is 7.91. The van der Waals surface area contributed by atoms with E-state index in [9.17, 15) is 13.2 Å². The number of likely N-dealkylation sites (tertiary alicyclic amines) is 1. The number of Topliss-reactive ketones (excluding diaryl/α,β-unsaturated/α-hetero) is 1. The summed E-state index contributed by atoms with van der Waals surface area (Å²) in [5, 5.41) is 0. The topological polar surface area (TPSA) is 114 Å². The molecule has 130 valence electrons. The number of hydrogen-bond donors (Lipinski definition) is 2. The van der Waals surface area contributed by atoms with E-state index in [-0.39, 0.29) is 30.0 Å². The minimum atomic E-state index is -3.86. The van der Waals surface area contributed by atoms with E-state index in [0.717, 1.165) is 25.9 Å². The van der Waals surface area contributed by atoms with Gasteiger partial charge >= 0.3 is 10.2 Å². The largest absolute Gasteiger partial charge is 0.382 e. The number of nitrogens with two attached hydrogens (primary N) is 1. The number of rotatable bonds is 5. The van der Waals surface area contributed by atoms with Crippen molar-refractivity contribution in [3.8, 4) is 0 Å². The molecule has 1 aromatic rings. The summed E-state index contributed by atoms with van der Waals surface area (Å²) in [6.07, 6.45) is 2.06. The maximum absolute atomic E-state index is 12.8. The molecule has 2 aliphatic heterocycles. The molecule has 2 heterocycles. The van der Waals surface area contributed by atoms with Crippen LogP contribution in [0.25, 0.3) is 0 Å². The number of benzene rings is 1. The van der Waals surface area contributed by atoms with Crippen molar-refractivity contribution in [3.63, 3.8) is 0 Å². The van der Waals surface area contributed by atoms with Crippen molar-refractivity contribution in [2.24, 2.45) is 10.1 Å². The first-order valence-electron chi connectivity index (χ1n) is 7.73. The highest BCUT2D eigenvalue weighted by Gasteiger charge is 2.29. The Labute approximate surface area is 140 Å². The molecule has 1 fully saturated rings. The van der Waals surface area contributed by atoms with Gasteiger partial charge in [-0.2, -0.15) is 8.42 Å². The zero-order valence-electron chi connectivity index (χ0n) is 13.4. The highest BCUT2D eigenvalue weighted by atomic mass is 32.2. The summed E-state index contributed by atoms with van der Waals surface area (Å²) in [7, 11) is -2.28. The fourth-order valence-corrected chi connectivity index (χ4v) is 3.99. The number of nitrogens with one attached hydrogen (secondary N) is 1. The van der Waals surface area contributed by atoms with E-state index in [2.05, 4.69) is 14.0 Å². The van der Waals surface area contributed by atoms with E-state index >= 15 is 0 Å². The summed E-state index contributed by atoms with van der Waals surface area (Å²) in [6, 6.07) is 4.80. The first-order chi connectivity index (χ1) is 11.4. The molecule has 0 amide bonds. The Morgan fingerprint density at radius 2 is 2.12 bits per heavy atom. The monoisotopic (exact) mass is 352 g/mol. The number of anilines is 1. The number of ether oxygens (including phenoxy) is 1. The summed E-state index contributed by atoms with van der Waals surface area (Å²) in [5.74, 6) is -0.340. The normalized spacial score (nSPS) is 20.8. The van der Waals surface area contributed by atoms with Crippen molar-refractivity contribution >= 4 is 27.5 Å². The molecule has 0 aliphatic carbocycles. The SMILES string of the molecule is COC(CC(=O)c1cccc2c1C(N)=NS(=O)(=O)N2)N1CCCC1. The second-order valence-electron chi connectivity index (χ2n) is 5.84. The Morgan fingerprint density at radius 1 is 1.42 bits per heavy atom. The molecule has 1 saturated heterocycles. The molecular weight excluding hydrogens is 332 g/mol. The fraction of sp³-hybridized carbons (Fsp3) is 0.467. The average Bonchev–Trinajstić information content (AvgIpc) is 3.04. The standard InChI is InChI=1S/C15H20N4O4S/c1-23-13(19-7-2-3-8-19)9-12(20)10-5-4-6-11-14(10)15(16)18-24(21,22)17-11/h4-6,13,17H,2-3,7-9H2,1H3,(H2,16,18). The molecule has 24 heavy (non-hydrogen) atoms. The van der Waals surface area contributed by atoms with Crippen molar-refractivity contribution < 1.29 is 17.9 Å². The summed E-state index contributed by atoms with van der Waals surface area (Å²) in [4.78, 5) is 14.9. The molecule has 1 unspecified atom stereocenters. The summed E-state index contributed by atoms with van der Waals surface area (Å²) >= 11 is 0. The number of fused-ring (bicyclic) bond motifs is 1. The minimum absolute atomic E-state index is 0.162. The highest BCUT2D eigenvalue weighted by Crippen LogP contribution is 2.27. The number of ketones is 1. The molecular formula is C15H20N4O4S. The quantitative estimate of drug-likeness (QED) is 0.754. The maximum atomic E-state index is 12.8. The maximum Gasteiger partial charge on any atom is 0.344 e. The van der Waals surface area contributed by atoms with E-state index < -0.39 is 10.2 Å². The third-order valence-electron chi connectivity index (χ3n) is 4.26. The third-order valence-corrected chi connectivity index (χ3v) is 5.17. The zero-order chi connectivity index (χ0) is 17.3. The van der Waals surface area contributed by atoms with Crippen molar-refractivity contribution in [2.75, 3.05) is 24.9 Å². The number of nitrogens with zero attached hydrogens (tertiary/aromatic N) is 2. The van der Waals surface area contributed by atoms with E-state index in [1.807, 2.05) is 0 Å². The first-order valence-corrected chi connectivity index (χ1v) is 9.17. The van der Waals surface area contributed by atoms with E-state index in [1.165, 1.54) is 0 Å². The Bertz CT molecular complexity index is 785. The summed E-state index contributed by atoms with van der Waals surface area (Å²) < 4.78 is 34.4. The smallest absolute Gasteiger partial charge is 0.344 e. The Kier molecular flexibility index (Phi) is 4.57. The lowest BCUT2D eigenvalue weighted by Gasteiger charge is -2.26. The minimum Gasteiger partial charge on any atom is -0.382 e. The van der Waals surface area contributed by atoms with Crippen LogP contribution in [0.15, 0.2) is 22.6 Å². The van der Waals surface area contributed by atoms with Crippen LogP contribution in [-0.4, -0.2) is 51.4 Å². The van der Waals surface area contributed by atoms with Gasteiger partial charge in [-0.25, -0.2) is 0 Å². The van der Waals surface area contributed by atoms with E-state index in [0.29, 0.717) is 11.1 Å². The second-order valence-corrected chi connectivity index (χ2v) is 7.18. The van der Waals surface area contributed by atoms with Crippen LogP contribution >= 0.6 is 0 Å². The van der Waals surface area contributed by atoms with Gasteiger partial charge in [0.05, 0.1) is 17.7 Å². The van der Waals surface area contributed by atoms with Gasteiger partial charge in [0.1, 0.15) is 12.1 Å². The zero-order valence-corrected chi connectivity index (χ0v) is 14.2. The van der Waals surface area contributed by atoms with Crippen LogP contribution in [0.1, 0.15) is 35.2 Å². The van der Waals surface area contributed by atoms with Gasteiger partial charge in [-0.05, 0) is 18.9 Å². The molecule has 1 atom stereocenters. The lowest BCUT2D eigenvalue weighted by atomic mass is 9.98.